The van der Waals surface area contributed by atoms with Crippen molar-refractivity contribution in [3.63, 3.8) is 0 Å². The third-order valence-corrected chi connectivity index (χ3v) is 3.49. The van der Waals surface area contributed by atoms with E-state index in [0.29, 0.717) is 24.2 Å². The molecule has 0 radical (unpaired) electrons. The number of H-pyrrole nitrogens is 1. The highest BCUT2D eigenvalue weighted by atomic mass is 16.5. The van der Waals surface area contributed by atoms with Crippen LogP contribution in [0.1, 0.15) is 18.5 Å². The second-order valence-corrected chi connectivity index (χ2v) is 5.03. The van der Waals surface area contributed by atoms with Crippen LogP contribution in [0.5, 0.6) is 0 Å². The van der Waals surface area contributed by atoms with Gasteiger partial charge in [0.1, 0.15) is 12.6 Å². The van der Waals surface area contributed by atoms with Crippen LogP contribution in [0.2, 0.25) is 0 Å². The SMILES string of the molecule is C=C1CCC(N2C(=O)C=C(OCc3cnc[nH]3)C2=O)C(=O)N1. The molecule has 1 unspecified atom stereocenters. The monoisotopic (exact) mass is 302 g/mol. The number of allylic oxidation sites excluding steroid dienone is 1. The van der Waals surface area contributed by atoms with Crippen molar-refractivity contribution in [2.45, 2.75) is 25.5 Å². The van der Waals surface area contributed by atoms with Gasteiger partial charge in [-0.3, -0.25) is 19.3 Å². The number of aromatic nitrogens is 2. The maximum atomic E-state index is 12.3. The van der Waals surface area contributed by atoms with Gasteiger partial charge in [-0.25, -0.2) is 4.98 Å². The fourth-order valence-electron chi connectivity index (χ4n) is 2.39. The largest absolute Gasteiger partial charge is 0.481 e. The van der Waals surface area contributed by atoms with Crippen LogP contribution < -0.4 is 5.32 Å². The summed E-state index contributed by atoms with van der Waals surface area (Å²) in [6.07, 6.45) is 5.04. The number of nitrogens with one attached hydrogen (secondary N) is 2. The number of nitrogens with zero attached hydrogens (tertiary/aromatic N) is 2. The molecule has 8 heteroatoms. The molecule has 3 amide bonds. The number of piperidine rings is 1. The van der Waals surface area contributed by atoms with Crippen LogP contribution in [-0.2, 0) is 25.7 Å². The van der Waals surface area contributed by atoms with Crippen molar-refractivity contribution in [2.24, 2.45) is 0 Å². The number of hydrogen-bond acceptors (Lipinski definition) is 5. The smallest absolute Gasteiger partial charge is 0.296 e. The van der Waals surface area contributed by atoms with Gasteiger partial charge >= 0.3 is 0 Å². The summed E-state index contributed by atoms with van der Waals surface area (Å²) in [5.74, 6) is -1.62. The first-order valence-electron chi connectivity index (χ1n) is 6.74. The Balaban J connectivity index is 1.68. The normalized spacial score (nSPS) is 21.9. The van der Waals surface area contributed by atoms with Gasteiger partial charge in [0.15, 0.2) is 5.76 Å². The number of aromatic amines is 1. The highest BCUT2D eigenvalue weighted by molar-refractivity contribution is 6.17. The summed E-state index contributed by atoms with van der Waals surface area (Å²) in [6, 6.07) is -0.824. The van der Waals surface area contributed by atoms with Gasteiger partial charge in [-0.05, 0) is 12.8 Å². The van der Waals surface area contributed by atoms with Gasteiger partial charge < -0.3 is 15.0 Å². The van der Waals surface area contributed by atoms with Gasteiger partial charge in [0.2, 0.25) is 5.91 Å². The van der Waals surface area contributed by atoms with E-state index in [0.717, 1.165) is 11.0 Å². The minimum atomic E-state index is -0.824. The Morgan fingerprint density at radius 1 is 1.41 bits per heavy atom. The maximum absolute atomic E-state index is 12.3. The highest BCUT2D eigenvalue weighted by Crippen LogP contribution is 2.23. The molecule has 0 aliphatic carbocycles. The Labute approximate surface area is 125 Å². The van der Waals surface area contributed by atoms with Crippen LogP contribution >= 0.6 is 0 Å². The van der Waals surface area contributed by atoms with Crippen molar-refractivity contribution in [3.8, 4) is 0 Å². The molecule has 1 saturated heterocycles. The van der Waals surface area contributed by atoms with E-state index >= 15 is 0 Å². The molecule has 3 heterocycles. The van der Waals surface area contributed by atoms with Crippen molar-refractivity contribution in [2.75, 3.05) is 0 Å². The van der Waals surface area contributed by atoms with Gasteiger partial charge in [-0.15, -0.1) is 0 Å². The van der Waals surface area contributed by atoms with Gasteiger partial charge in [0.25, 0.3) is 11.8 Å². The zero-order valence-corrected chi connectivity index (χ0v) is 11.7. The zero-order chi connectivity index (χ0) is 15.7. The van der Waals surface area contributed by atoms with Crippen molar-refractivity contribution in [1.82, 2.24) is 20.2 Å². The first kappa shape index (κ1) is 14.1. The summed E-state index contributed by atoms with van der Waals surface area (Å²) >= 11 is 0. The van der Waals surface area contributed by atoms with E-state index in [1.165, 1.54) is 6.33 Å². The standard InChI is InChI=1S/C14H14N4O4/c1-8-2-3-10(13(20)17-8)18-12(19)4-11(14(18)21)22-6-9-5-15-7-16-9/h4-5,7,10H,1-3,6H2,(H,15,16)(H,17,20). The van der Waals surface area contributed by atoms with E-state index in [1.807, 2.05) is 0 Å². The summed E-state index contributed by atoms with van der Waals surface area (Å²) in [6.45, 7) is 3.76. The second-order valence-electron chi connectivity index (χ2n) is 5.03. The number of carbonyl (C=O) groups excluding carboxylic acids is 3. The Hall–Kier alpha value is -2.90. The topological polar surface area (TPSA) is 104 Å². The van der Waals surface area contributed by atoms with Gasteiger partial charge in [-0.2, -0.15) is 0 Å². The molecule has 2 aliphatic rings. The van der Waals surface area contributed by atoms with E-state index in [-0.39, 0.29) is 12.4 Å². The lowest BCUT2D eigenvalue weighted by Crippen LogP contribution is -2.52. The third kappa shape index (κ3) is 2.50. The molecule has 0 spiro atoms. The first-order chi connectivity index (χ1) is 10.6. The summed E-state index contributed by atoms with van der Waals surface area (Å²) in [7, 11) is 0. The number of amides is 3. The zero-order valence-electron chi connectivity index (χ0n) is 11.7. The molecule has 114 valence electrons. The van der Waals surface area contributed by atoms with Gasteiger partial charge in [0.05, 0.1) is 24.3 Å². The summed E-state index contributed by atoms with van der Waals surface area (Å²) < 4.78 is 5.34. The van der Waals surface area contributed by atoms with E-state index in [2.05, 4.69) is 21.9 Å². The molecule has 1 atom stereocenters. The molecule has 3 rings (SSSR count). The minimum absolute atomic E-state index is 0.0724. The van der Waals surface area contributed by atoms with Gasteiger partial charge in [0, 0.05) is 5.70 Å². The van der Waals surface area contributed by atoms with Crippen LogP contribution in [0.15, 0.2) is 36.6 Å². The molecule has 1 aromatic heterocycles. The number of rotatable bonds is 4. The van der Waals surface area contributed by atoms with E-state index in [9.17, 15) is 14.4 Å². The molecule has 0 aromatic carbocycles. The van der Waals surface area contributed by atoms with Crippen LogP contribution in [0.3, 0.4) is 0 Å². The van der Waals surface area contributed by atoms with E-state index < -0.39 is 23.8 Å². The first-order valence-corrected chi connectivity index (χ1v) is 6.74. The third-order valence-electron chi connectivity index (χ3n) is 3.49. The Bertz CT molecular complexity index is 677. The molecular weight excluding hydrogens is 288 g/mol. The lowest BCUT2D eigenvalue weighted by atomic mass is 10.0. The van der Waals surface area contributed by atoms with Crippen LogP contribution in [0, 0.1) is 0 Å². The average molecular weight is 302 g/mol. The Morgan fingerprint density at radius 2 is 2.23 bits per heavy atom. The highest BCUT2D eigenvalue weighted by Gasteiger charge is 2.42. The quantitative estimate of drug-likeness (QED) is 0.760. The Kier molecular flexibility index (Phi) is 3.50. The van der Waals surface area contributed by atoms with Crippen LogP contribution in [0.4, 0.5) is 0 Å². The van der Waals surface area contributed by atoms with E-state index in [1.54, 1.807) is 6.20 Å². The molecule has 22 heavy (non-hydrogen) atoms. The van der Waals surface area contributed by atoms with Gasteiger partial charge in [-0.1, -0.05) is 6.58 Å². The molecule has 1 aromatic rings. The van der Waals surface area contributed by atoms with Crippen molar-refractivity contribution < 1.29 is 19.1 Å². The number of hydrogen-bond donors (Lipinski definition) is 2. The summed E-state index contributed by atoms with van der Waals surface area (Å²) in [5, 5.41) is 2.56. The molecule has 2 aliphatic heterocycles. The molecule has 0 bridgehead atoms. The minimum Gasteiger partial charge on any atom is -0.481 e. The van der Waals surface area contributed by atoms with Crippen LogP contribution in [-0.4, -0.2) is 38.6 Å². The second kappa shape index (κ2) is 5.47. The molecule has 2 N–H and O–H groups in total. The number of imide groups is 1. The molecule has 8 nitrogen and oxygen atoms in total. The molecule has 0 saturated carbocycles. The predicted octanol–water partition coefficient (Wildman–Crippen LogP) is -0.0287. The fraction of sp³-hybridized carbons (Fsp3) is 0.286. The Morgan fingerprint density at radius 3 is 2.91 bits per heavy atom. The van der Waals surface area contributed by atoms with Crippen molar-refractivity contribution in [3.05, 3.63) is 42.3 Å². The van der Waals surface area contributed by atoms with Crippen LogP contribution in [0.25, 0.3) is 0 Å². The average Bonchev–Trinajstić information content (AvgIpc) is 3.07. The van der Waals surface area contributed by atoms with Crippen molar-refractivity contribution >= 4 is 17.7 Å². The number of carbonyl (C=O) groups is 3. The molecule has 1 fully saturated rings. The maximum Gasteiger partial charge on any atom is 0.296 e. The molecular formula is C14H14N4O4. The number of imidazole rings is 1. The van der Waals surface area contributed by atoms with Crippen molar-refractivity contribution in [1.29, 1.82) is 0 Å². The lowest BCUT2D eigenvalue weighted by molar-refractivity contribution is -0.147. The lowest BCUT2D eigenvalue weighted by Gasteiger charge is -2.29. The number of ether oxygens (including phenoxy) is 1. The summed E-state index contributed by atoms with van der Waals surface area (Å²) in [4.78, 5) is 43.8. The summed E-state index contributed by atoms with van der Waals surface area (Å²) in [5.41, 5.74) is 1.26. The van der Waals surface area contributed by atoms with E-state index in [4.69, 9.17) is 4.74 Å². The predicted molar refractivity (Wildman–Crippen MR) is 73.6 cm³/mol. The fourth-order valence-corrected chi connectivity index (χ4v) is 2.39.